The van der Waals surface area contributed by atoms with E-state index in [1.807, 2.05) is 0 Å². The quantitative estimate of drug-likeness (QED) is 0.194. The predicted octanol–water partition coefficient (Wildman–Crippen LogP) is 4.71. The molecule has 0 fully saturated rings. The van der Waals surface area contributed by atoms with E-state index >= 15 is 0 Å². The predicted molar refractivity (Wildman–Crippen MR) is 123 cm³/mol. The lowest BCUT2D eigenvalue weighted by Crippen LogP contribution is -2.29. The van der Waals surface area contributed by atoms with Gasteiger partial charge in [-0.1, -0.05) is 0 Å². The number of halogens is 4. The van der Waals surface area contributed by atoms with Crippen LogP contribution in [0.2, 0.25) is 0 Å². The molecule has 14 heteroatoms. The number of aryl methyl sites for hydroxylation is 3. The van der Waals surface area contributed by atoms with Gasteiger partial charge in [-0.15, -0.1) is 0 Å². The molecule has 0 atom stereocenters. The number of aromatic nitrogens is 3. The maximum atomic E-state index is 14.0. The first-order chi connectivity index (χ1) is 17.3. The number of esters is 2. The Hall–Kier alpha value is -4.75. The van der Waals surface area contributed by atoms with Crippen molar-refractivity contribution in [2.75, 3.05) is 10.6 Å². The lowest BCUT2D eigenvalue weighted by atomic mass is 10.1. The number of hydrogen-bond acceptors (Lipinski definition) is 9. The number of ether oxygens (including phenoxy) is 1. The van der Waals surface area contributed by atoms with Gasteiger partial charge in [0.1, 0.15) is 11.4 Å². The average molecular weight is 519 g/mol. The van der Waals surface area contributed by atoms with Gasteiger partial charge in [-0.2, -0.15) is 18.2 Å². The van der Waals surface area contributed by atoms with Gasteiger partial charge in [0.05, 0.1) is 11.2 Å². The second-order valence-electron chi connectivity index (χ2n) is 7.93. The highest BCUT2D eigenvalue weighted by molar-refractivity contribution is 6.03. The molecule has 0 saturated heterocycles. The molecule has 0 bridgehead atoms. The fourth-order valence-electron chi connectivity index (χ4n) is 3.47. The number of aromatic amines is 1. The Bertz CT molecular complexity index is 1590. The minimum Gasteiger partial charge on any atom is -0.408 e. The molecule has 4 rings (SSSR count). The molecular weight excluding hydrogens is 502 g/mol. The number of oxazole rings is 1. The number of nitrogens with one attached hydrogen (secondary N) is 3. The van der Waals surface area contributed by atoms with Gasteiger partial charge in [0.25, 0.3) is 0 Å². The summed E-state index contributed by atoms with van der Waals surface area (Å²) in [7, 11) is 0. The monoisotopic (exact) mass is 519 g/mol. The van der Waals surface area contributed by atoms with Crippen LogP contribution in [0.4, 0.5) is 40.7 Å². The summed E-state index contributed by atoms with van der Waals surface area (Å²) >= 11 is 0. The highest BCUT2D eigenvalue weighted by atomic mass is 19.4. The number of carbonyl (C=O) groups excluding carboxylic acids is 2. The standard InChI is InChI=1S/C23H17F4N5O5/c1-9-6-13(7-10(2)17(9)24)30-21-28-11(3)16(19(33)37-20(34)23(25,26)27)18(32-21)29-12-4-5-15-14(8-12)31-22(35)36-15/h4-8H,1-3H3,(H,31,35)(H2,28,29,30,32). The van der Waals surface area contributed by atoms with Crippen LogP contribution in [0.3, 0.4) is 0 Å². The first-order valence-electron chi connectivity index (χ1n) is 10.5. The van der Waals surface area contributed by atoms with Crippen LogP contribution in [0.25, 0.3) is 11.1 Å². The Balaban J connectivity index is 1.76. The fourth-order valence-corrected chi connectivity index (χ4v) is 3.47. The van der Waals surface area contributed by atoms with E-state index in [0.717, 1.165) is 0 Å². The Morgan fingerprint density at radius 2 is 1.68 bits per heavy atom. The van der Waals surface area contributed by atoms with Crippen molar-refractivity contribution in [1.82, 2.24) is 15.0 Å². The zero-order chi connectivity index (χ0) is 27.1. The van der Waals surface area contributed by atoms with Gasteiger partial charge in [-0.05, 0) is 62.2 Å². The van der Waals surface area contributed by atoms with Crippen molar-refractivity contribution in [1.29, 1.82) is 0 Å². The summed E-state index contributed by atoms with van der Waals surface area (Å²) in [5.41, 5.74) is 1.17. The Kier molecular flexibility index (Phi) is 6.42. The summed E-state index contributed by atoms with van der Waals surface area (Å²) in [6.45, 7) is 4.41. The van der Waals surface area contributed by atoms with E-state index in [0.29, 0.717) is 16.8 Å². The molecule has 0 amide bonds. The Morgan fingerprint density at radius 1 is 1.00 bits per heavy atom. The van der Waals surface area contributed by atoms with E-state index in [-0.39, 0.29) is 34.2 Å². The summed E-state index contributed by atoms with van der Waals surface area (Å²) < 4.78 is 60.9. The molecule has 2 aromatic heterocycles. The lowest BCUT2D eigenvalue weighted by molar-refractivity contribution is -0.193. The van der Waals surface area contributed by atoms with Gasteiger partial charge >= 0.3 is 23.9 Å². The van der Waals surface area contributed by atoms with Crippen LogP contribution >= 0.6 is 0 Å². The van der Waals surface area contributed by atoms with Gasteiger partial charge in [0.2, 0.25) is 5.95 Å². The number of hydrogen-bond donors (Lipinski definition) is 3. The molecule has 10 nitrogen and oxygen atoms in total. The molecule has 2 heterocycles. The van der Waals surface area contributed by atoms with Crippen LogP contribution in [0.1, 0.15) is 27.2 Å². The van der Waals surface area contributed by atoms with E-state index in [1.54, 1.807) is 13.8 Å². The van der Waals surface area contributed by atoms with E-state index in [1.165, 1.54) is 37.3 Å². The summed E-state index contributed by atoms with van der Waals surface area (Å²) in [6.07, 6.45) is -5.41. The normalized spacial score (nSPS) is 11.4. The number of anilines is 4. The molecule has 0 saturated carbocycles. The lowest BCUT2D eigenvalue weighted by Gasteiger charge is -2.15. The molecule has 37 heavy (non-hydrogen) atoms. The Morgan fingerprint density at radius 3 is 2.32 bits per heavy atom. The molecule has 0 radical (unpaired) electrons. The number of alkyl halides is 3. The van der Waals surface area contributed by atoms with Crippen LogP contribution in [-0.4, -0.2) is 33.1 Å². The van der Waals surface area contributed by atoms with E-state index in [4.69, 9.17) is 4.42 Å². The maximum Gasteiger partial charge on any atom is 0.491 e. The fraction of sp³-hybridized carbons (Fsp3) is 0.174. The summed E-state index contributed by atoms with van der Waals surface area (Å²) in [5.74, 6) is -5.86. The molecule has 2 aromatic carbocycles. The van der Waals surface area contributed by atoms with Gasteiger partial charge in [-0.25, -0.2) is 23.8 Å². The highest BCUT2D eigenvalue weighted by Crippen LogP contribution is 2.28. The topological polar surface area (TPSA) is 139 Å². The van der Waals surface area contributed by atoms with E-state index in [2.05, 4.69) is 30.3 Å². The molecule has 192 valence electrons. The third-order valence-electron chi connectivity index (χ3n) is 5.09. The summed E-state index contributed by atoms with van der Waals surface area (Å²) in [4.78, 5) is 45.9. The van der Waals surface area contributed by atoms with Gasteiger partial charge in [0.15, 0.2) is 11.4 Å². The number of carbonyl (C=O) groups is 2. The SMILES string of the molecule is Cc1cc(Nc2nc(C)c(C(=O)OC(=O)C(F)(F)F)c(Nc3ccc4oc(=O)[nH]c4c3)n2)cc(C)c1F. The molecular formula is C23H17F4N5O5. The molecule has 4 aromatic rings. The molecule has 0 unspecified atom stereocenters. The minimum atomic E-state index is -5.41. The minimum absolute atomic E-state index is 0.0955. The van der Waals surface area contributed by atoms with Gasteiger partial charge < -0.3 is 19.8 Å². The number of benzene rings is 2. The largest absolute Gasteiger partial charge is 0.491 e. The average Bonchev–Trinajstić information content (AvgIpc) is 3.15. The zero-order valence-electron chi connectivity index (χ0n) is 19.3. The van der Waals surface area contributed by atoms with Crippen molar-refractivity contribution in [3.05, 3.63) is 69.1 Å². The third kappa shape index (κ3) is 5.42. The van der Waals surface area contributed by atoms with Crippen molar-refractivity contribution in [2.45, 2.75) is 26.9 Å². The second kappa shape index (κ2) is 9.37. The third-order valence-corrected chi connectivity index (χ3v) is 5.09. The van der Waals surface area contributed by atoms with Crippen molar-refractivity contribution in [3.63, 3.8) is 0 Å². The van der Waals surface area contributed by atoms with Crippen molar-refractivity contribution in [2.24, 2.45) is 0 Å². The smallest absolute Gasteiger partial charge is 0.408 e. The second-order valence-corrected chi connectivity index (χ2v) is 7.93. The van der Waals surface area contributed by atoms with Crippen LogP contribution in [0.5, 0.6) is 0 Å². The zero-order valence-corrected chi connectivity index (χ0v) is 19.3. The molecule has 0 spiro atoms. The first-order valence-corrected chi connectivity index (χ1v) is 10.5. The summed E-state index contributed by atoms with van der Waals surface area (Å²) in [6, 6.07) is 7.28. The molecule has 3 N–H and O–H groups in total. The number of H-pyrrole nitrogens is 1. The van der Waals surface area contributed by atoms with Gasteiger partial charge in [-0.3, -0.25) is 4.98 Å². The van der Waals surface area contributed by atoms with E-state index < -0.39 is 35.3 Å². The van der Waals surface area contributed by atoms with Crippen LogP contribution < -0.4 is 16.4 Å². The number of nitrogens with zero attached hydrogens (tertiary/aromatic N) is 2. The number of fused-ring (bicyclic) bond motifs is 1. The summed E-state index contributed by atoms with van der Waals surface area (Å²) in [5, 5.41) is 5.61. The van der Waals surface area contributed by atoms with Crippen molar-refractivity contribution >= 4 is 46.2 Å². The number of rotatable bonds is 5. The molecule has 0 aliphatic rings. The van der Waals surface area contributed by atoms with Crippen molar-refractivity contribution in [3.8, 4) is 0 Å². The first kappa shape index (κ1) is 25.3. The van der Waals surface area contributed by atoms with E-state index in [9.17, 15) is 31.9 Å². The van der Waals surface area contributed by atoms with Crippen LogP contribution in [0, 0.1) is 26.6 Å². The van der Waals surface area contributed by atoms with Gasteiger partial charge in [0, 0.05) is 11.4 Å². The maximum absolute atomic E-state index is 14.0. The highest BCUT2D eigenvalue weighted by Gasteiger charge is 2.43. The Labute approximate surface area is 204 Å². The van der Waals surface area contributed by atoms with Crippen LogP contribution in [0.15, 0.2) is 39.5 Å². The molecule has 0 aliphatic heterocycles. The molecule has 0 aliphatic carbocycles. The van der Waals surface area contributed by atoms with Crippen molar-refractivity contribution < 1.29 is 36.3 Å². The van der Waals surface area contributed by atoms with Crippen LogP contribution in [-0.2, 0) is 9.53 Å².